The lowest BCUT2D eigenvalue weighted by Gasteiger charge is -2.24. The van der Waals surface area contributed by atoms with Gasteiger partial charge in [-0.25, -0.2) is 4.98 Å². The Kier molecular flexibility index (Phi) is 2.45. The van der Waals surface area contributed by atoms with E-state index in [-0.39, 0.29) is 0 Å². The summed E-state index contributed by atoms with van der Waals surface area (Å²) in [7, 11) is 2.09. The van der Waals surface area contributed by atoms with E-state index in [0.29, 0.717) is 10.2 Å². The summed E-state index contributed by atoms with van der Waals surface area (Å²) in [6.07, 6.45) is 0.961. The monoisotopic (exact) mass is 216 g/mol. The van der Waals surface area contributed by atoms with Gasteiger partial charge in [-0.15, -0.1) is 0 Å². The van der Waals surface area contributed by atoms with Crippen molar-refractivity contribution in [3.8, 4) is 0 Å². The SMILES string of the molecule is CN1CCc2nc(Cl)c(Cl)cc2C1. The molecule has 2 heterocycles. The van der Waals surface area contributed by atoms with E-state index in [0.717, 1.165) is 25.2 Å². The van der Waals surface area contributed by atoms with Crippen molar-refractivity contribution in [2.75, 3.05) is 13.6 Å². The smallest absolute Gasteiger partial charge is 0.147 e. The first-order valence-electron chi connectivity index (χ1n) is 4.19. The second kappa shape index (κ2) is 3.45. The molecular formula is C9H10Cl2N2. The Morgan fingerprint density at radius 2 is 2.23 bits per heavy atom. The molecule has 0 unspecified atom stereocenters. The molecule has 1 aliphatic rings. The van der Waals surface area contributed by atoms with Gasteiger partial charge in [-0.2, -0.15) is 0 Å². The molecule has 0 atom stereocenters. The predicted octanol–water partition coefficient (Wildman–Crippen LogP) is 2.38. The van der Waals surface area contributed by atoms with Crippen molar-refractivity contribution in [1.29, 1.82) is 0 Å². The van der Waals surface area contributed by atoms with Crippen molar-refractivity contribution in [2.45, 2.75) is 13.0 Å². The van der Waals surface area contributed by atoms with Gasteiger partial charge in [0.1, 0.15) is 5.15 Å². The lowest BCUT2D eigenvalue weighted by Crippen LogP contribution is -2.27. The molecule has 0 fully saturated rings. The Morgan fingerprint density at radius 3 is 3.00 bits per heavy atom. The third-order valence-electron chi connectivity index (χ3n) is 2.27. The molecule has 0 aromatic carbocycles. The van der Waals surface area contributed by atoms with Gasteiger partial charge in [0.25, 0.3) is 0 Å². The fourth-order valence-corrected chi connectivity index (χ4v) is 1.89. The van der Waals surface area contributed by atoms with Gasteiger partial charge in [0.2, 0.25) is 0 Å². The molecule has 1 aliphatic heterocycles. The molecule has 2 rings (SSSR count). The average Bonchev–Trinajstić information content (AvgIpc) is 2.08. The number of nitrogens with zero attached hydrogens (tertiary/aromatic N) is 2. The van der Waals surface area contributed by atoms with Crippen LogP contribution in [0.5, 0.6) is 0 Å². The number of halogens is 2. The summed E-state index contributed by atoms with van der Waals surface area (Å²) in [5.74, 6) is 0. The largest absolute Gasteiger partial charge is 0.302 e. The van der Waals surface area contributed by atoms with Gasteiger partial charge in [0.05, 0.1) is 5.02 Å². The normalized spacial score (nSPS) is 17.2. The fourth-order valence-electron chi connectivity index (χ4n) is 1.56. The number of pyridine rings is 1. The molecule has 2 nitrogen and oxygen atoms in total. The van der Waals surface area contributed by atoms with Gasteiger partial charge in [0, 0.05) is 25.2 Å². The van der Waals surface area contributed by atoms with E-state index < -0.39 is 0 Å². The summed E-state index contributed by atoms with van der Waals surface area (Å²) in [4.78, 5) is 6.50. The van der Waals surface area contributed by atoms with Crippen LogP contribution in [0, 0.1) is 0 Å². The summed E-state index contributed by atoms with van der Waals surface area (Å²) in [5, 5.41) is 0.973. The van der Waals surface area contributed by atoms with Crippen molar-refractivity contribution >= 4 is 23.2 Å². The van der Waals surface area contributed by atoms with Crippen LogP contribution in [0.25, 0.3) is 0 Å². The maximum absolute atomic E-state index is 5.88. The molecule has 0 spiro atoms. The van der Waals surface area contributed by atoms with E-state index >= 15 is 0 Å². The van der Waals surface area contributed by atoms with Crippen molar-refractivity contribution in [3.63, 3.8) is 0 Å². The molecular weight excluding hydrogens is 207 g/mol. The third kappa shape index (κ3) is 1.80. The highest BCUT2D eigenvalue weighted by atomic mass is 35.5. The van der Waals surface area contributed by atoms with E-state index in [1.54, 1.807) is 0 Å². The van der Waals surface area contributed by atoms with Crippen molar-refractivity contribution in [2.24, 2.45) is 0 Å². The van der Waals surface area contributed by atoms with Gasteiger partial charge in [-0.3, -0.25) is 0 Å². The minimum absolute atomic E-state index is 0.421. The maximum Gasteiger partial charge on any atom is 0.147 e. The Morgan fingerprint density at radius 1 is 1.46 bits per heavy atom. The Bertz CT molecular complexity index is 339. The van der Waals surface area contributed by atoms with E-state index in [2.05, 4.69) is 16.9 Å². The highest BCUT2D eigenvalue weighted by Gasteiger charge is 2.16. The first kappa shape index (κ1) is 9.25. The molecule has 0 N–H and O–H groups in total. The van der Waals surface area contributed by atoms with Crippen LogP contribution in [0.2, 0.25) is 10.2 Å². The van der Waals surface area contributed by atoms with Gasteiger partial charge >= 0.3 is 0 Å². The summed E-state index contributed by atoms with van der Waals surface area (Å²) < 4.78 is 0. The first-order chi connectivity index (χ1) is 6.16. The number of hydrogen-bond donors (Lipinski definition) is 0. The zero-order chi connectivity index (χ0) is 9.42. The zero-order valence-corrected chi connectivity index (χ0v) is 8.86. The highest BCUT2D eigenvalue weighted by molar-refractivity contribution is 6.41. The predicted molar refractivity (Wildman–Crippen MR) is 54.3 cm³/mol. The quantitative estimate of drug-likeness (QED) is 0.620. The van der Waals surface area contributed by atoms with Crippen LogP contribution in [0.1, 0.15) is 11.3 Å². The summed E-state index contributed by atoms with van der Waals surface area (Å²) in [6, 6.07) is 1.92. The molecule has 4 heteroatoms. The average molecular weight is 217 g/mol. The van der Waals surface area contributed by atoms with Crippen LogP contribution in [0.4, 0.5) is 0 Å². The number of hydrogen-bond acceptors (Lipinski definition) is 2. The van der Waals surface area contributed by atoms with Gasteiger partial charge in [-0.1, -0.05) is 23.2 Å². The van der Waals surface area contributed by atoms with Crippen LogP contribution >= 0.6 is 23.2 Å². The molecule has 0 saturated heterocycles. The van der Waals surface area contributed by atoms with Crippen molar-refractivity contribution in [1.82, 2.24) is 9.88 Å². The van der Waals surface area contributed by atoms with Gasteiger partial charge in [0.15, 0.2) is 0 Å². The third-order valence-corrected chi connectivity index (χ3v) is 2.95. The number of fused-ring (bicyclic) bond motifs is 1. The summed E-state index contributed by atoms with van der Waals surface area (Å²) in [6.45, 7) is 1.96. The summed E-state index contributed by atoms with van der Waals surface area (Å²) >= 11 is 11.7. The van der Waals surface area contributed by atoms with E-state index in [9.17, 15) is 0 Å². The molecule has 70 valence electrons. The molecule has 13 heavy (non-hydrogen) atoms. The minimum Gasteiger partial charge on any atom is -0.302 e. The Balaban J connectivity index is 2.43. The van der Waals surface area contributed by atoms with Crippen molar-refractivity contribution < 1.29 is 0 Å². The minimum atomic E-state index is 0.421. The topological polar surface area (TPSA) is 16.1 Å². The van der Waals surface area contributed by atoms with Crippen LogP contribution in [-0.4, -0.2) is 23.5 Å². The van der Waals surface area contributed by atoms with Crippen molar-refractivity contribution in [3.05, 3.63) is 27.5 Å². The lowest BCUT2D eigenvalue weighted by atomic mass is 10.1. The number of rotatable bonds is 0. The molecule has 0 aliphatic carbocycles. The molecule has 1 aromatic rings. The highest BCUT2D eigenvalue weighted by Crippen LogP contribution is 2.25. The molecule has 0 amide bonds. The second-order valence-electron chi connectivity index (χ2n) is 3.35. The zero-order valence-electron chi connectivity index (χ0n) is 7.35. The van der Waals surface area contributed by atoms with Crippen LogP contribution < -0.4 is 0 Å². The van der Waals surface area contributed by atoms with Gasteiger partial charge < -0.3 is 4.90 Å². The Labute approximate surface area is 87.5 Å². The Hall–Kier alpha value is -0.310. The standard InChI is InChI=1S/C9H10Cl2N2/c1-13-3-2-8-6(5-13)4-7(10)9(11)12-8/h4H,2-3,5H2,1H3. The second-order valence-corrected chi connectivity index (χ2v) is 4.12. The van der Waals surface area contributed by atoms with Gasteiger partial charge in [-0.05, 0) is 18.7 Å². The molecule has 0 saturated carbocycles. The summed E-state index contributed by atoms with van der Waals surface area (Å²) in [5.41, 5.74) is 2.29. The number of aromatic nitrogens is 1. The fraction of sp³-hybridized carbons (Fsp3) is 0.444. The van der Waals surface area contributed by atoms with E-state index in [1.165, 1.54) is 5.56 Å². The van der Waals surface area contributed by atoms with Crippen LogP contribution in [0.15, 0.2) is 6.07 Å². The maximum atomic E-state index is 5.88. The molecule has 1 aromatic heterocycles. The van der Waals surface area contributed by atoms with Crippen LogP contribution in [0.3, 0.4) is 0 Å². The number of likely N-dealkylation sites (N-methyl/N-ethyl adjacent to an activating group) is 1. The van der Waals surface area contributed by atoms with E-state index in [4.69, 9.17) is 23.2 Å². The van der Waals surface area contributed by atoms with Crippen LogP contribution in [-0.2, 0) is 13.0 Å². The molecule has 0 bridgehead atoms. The molecule has 0 radical (unpaired) electrons. The first-order valence-corrected chi connectivity index (χ1v) is 4.95. The lowest BCUT2D eigenvalue weighted by molar-refractivity contribution is 0.310. The van der Waals surface area contributed by atoms with E-state index in [1.807, 2.05) is 6.07 Å².